The van der Waals surface area contributed by atoms with Crippen LogP contribution in [0.1, 0.15) is 34.7 Å². The molecule has 1 fully saturated rings. The van der Waals surface area contributed by atoms with E-state index in [2.05, 4.69) is 21.3 Å². The third kappa shape index (κ3) is 4.41. The van der Waals surface area contributed by atoms with Crippen LogP contribution < -0.4 is 15.0 Å². The van der Waals surface area contributed by atoms with Crippen molar-refractivity contribution in [2.24, 2.45) is 0 Å². The van der Waals surface area contributed by atoms with Crippen LogP contribution in [0, 0.1) is 24.0 Å². The molecule has 1 saturated heterocycles. The Morgan fingerprint density at radius 3 is 2.51 bits per heavy atom. The van der Waals surface area contributed by atoms with Crippen LogP contribution in [0.25, 0.3) is 5.69 Å². The molecule has 2 aromatic heterocycles. The first kappa shape index (κ1) is 24.7. The van der Waals surface area contributed by atoms with E-state index >= 15 is 0 Å². The first-order valence-corrected chi connectivity index (χ1v) is 12.4. The summed E-state index contributed by atoms with van der Waals surface area (Å²) in [7, 11) is 1.49. The molecule has 2 aromatic carbocycles. The van der Waals surface area contributed by atoms with Crippen molar-refractivity contribution >= 4 is 40.3 Å². The number of anilines is 1. The van der Waals surface area contributed by atoms with Crippen molar-refractivity contribution in [1.82, 2.24) is 14.9 Å². The van der Waals surface area contributed by atoms with E-state index in [9.17, 15) is 10.1 Å². The molecule has 8 nitrogen and oxygen atoms in total. The lowest BCUT2D eigenvalue weighted by atomic mass is 9.96. The number of nitrogens with one attached hydrogen (secondary N) is 1. The van der Waals surface area contributed by atoms with Crippen LogP contribution in [0.15, 0.2) is 72.9 Å². The molecule has 2 atom stereocenters. The van der Waals surface area contributed by atoms with Gasteiger partial charge in [-0.15, -0.1) is 0 Å². The van der Waals surface area contributed by atoms with Crippen LogP contribution in [0.2, 0.25) is 5.02 Å². The number of aryl methyl sites for hydroxylation is 1. The minimum atomic E-state index is -0.390. The number of hydrogen-bond acceptors (Lipinski definition) is 5. The van der Waals surface area contributed by atoms with E-state index in [-0.39, 0.29) is 22.7 Å². The second-order valence-corrected chi connectivity index (χ2v) is 9.57. The van der Waals surface area contributed by atoms with E-state index < -0.39 is 0 Å². The highest BCUT2D eigenvalue weighted by Crippen LogP contribution is 2.44. The second-order valence-electron chi connectivity index (χ2n) is 8.75. The Morgan fingerprint density at radius 2 is 1.86 bits per heavy atom. The maximum atomic E-state index is 12.0. The van der Waals surface area contributed by atoms with E-state index in [1.165, 1.54) is 13.2 Å². The number of halogens is 1. The number of hydrogen-bond donors (Lipinski definition) is 1. The predicted octanol–water partition coefficient (Wildman–Crippen LogP) is 6.24. The lowest BCUT2D eigenvalue weighted by Gasteiger charge is -2.28. The molecule has 0 aliphatic carbocycles. The molecule has 4 aromatic rings. The summed E-state index contributed by atoms with van der Waals surface area (Å²) in [5, 5.41) is 16.6. The summed E-state index contributed by atoms with van der Waals surface area (Å²) in [5.41, 5.74) is 4.84. The molecule has 37 heavy (non-hydrogen) atoms. The van der Waals surface area contributed by atoms with Gasteiger partial charge in [-0.05, 0) is 86.2 Å². The minimum Gasteiger partial charge on any atom is -0.496 e. The van der Waals surface area contributed by atoms with Crippen LogP contribution in [0.4, 0.5) is 11.4 Å². The number of nitro benzene ring substituents is 1. The SMILES string of the molecule is COc1ccc(-n2c(C)cc([C@@H]3[C@H](c4ccccn4)NC(=S)N3c3ccc(Cl)cc3)c2C)c([N+](=O)[O-])c1. The smallest absolute Gasteiger partial charge is 0.296 e. The van der Waals surface area contributed by atoms with Crippen molar-refractivity contribution in [3.05, 3.63) is 111 Å². The third-order valence-electron chi connectivity index (χ3n) is 6.61. The Morgan fingerprint density at radius 1 is 1.11 bits per heavy atom. The van der Waals surface area contributed by atoms with Gasteiger partial charge in [0.15, 0.2) is 5.11 Å². The zero-order valence-corrected chi connectivity index (χ0v) is 22.0. The first-order chi connectivity index (χ1) is 17.8. The van der Waals surface area contributed by atoms with Gasteiger partial charge in [-0.3, -0.25) is 15.1 Å². The van der Waals surface area contributed by atoms with Crippen LogP contribution in [0.5, 0.6) is 5.75 Å². The highest BCUT2D eigenvalue weighted by molar-refractivity contribution is 7.80. The Kier molecular flexibility index (Phi) is 6.57. The number of nitro groups is 1. The van der Waals surface area contributed by atoms with E-state index in [4.69, 9.17) is 28.6 Å². The molecule has 1 aliphatic heterocycles. The Balaban J connectivity index is 1.70. The van der Waals surface area contributed by atoms with Crippen molar-refractivity contribution in [1.29, 1.82) is 0 Å². The largest absolute Gasteiger partial charge is 0.496 e. The van der Waals surface area contributed by atoms with E-state index in [0.717, 1.165) is 28.3 Å². The van der Waals surface area contributed by atoms with Crippen molar-refractivity contribution in [2.45, 2.75) is 25.9 Å². The van der Waals surface area contributed by atoms with Crippen LogP contribution >= 0.6 is 23.8 Å². The molecule has 0 saturated carbocycles. The topological polar surface area (TPSA) is 85.5 Å². The number of benzene rings is 2. The normalized spacial score (nSPS) is 17.1. The fourth-order valence-electron chi connectivity index (χ4n) is 4.97. The molecule has 5 rings (SSSR count). The summed E-state index contributed by atoms with van der Waals surface area (Å²) < 4.78 is 7.14. The Labute approximate surface area is 224 Å². The van der Waals surface area contributed by atoms with Gasteiger partial charge in [-0.2, -0.15) is 0 Å². The van der Waals surface area contributed by atoms with Crippen molar-refractivity contribution in [2.75, 3.05) is 12.0 Å². The lowest BCUT2D eigenvalue weighted by molar-refractivity contribution is -0.384. The number of nitrogens with zero attached hydrogens (tertiary/aromatic N) is 4. The van der Waals surface area contributed by atoms with Crippen molar-refractivity contribution < 1.29 is 9.66 Å². The van der Waals surface area contributed by atoms with Crippen molar-refractivity contribution in [3.63, 3.8) is 0 Å². The summed E-state index contributed by atoms with van der Waals surface area (Å²) in [5.74, 6) is 0.424. The van der Waals surface area contributed by atoms with Gasteiger partial charge in [0.05, 0.1) is 35.9 Å². The highest BCUT2D eigenvalue weighted by atomic mass is 35.5. The van der Waals surface area contributed by atoms with Gasteiger partial charge < -0.3 is 19.5 Å². The molecule has 3 heterocycles. The summed E-state index contributed by atoms with van der Waals surface area (Å²) in [6.45, 7) is 3.90. The van der Waals surface area contributed by atoms with Gasteiger partial charge in [0.1, 0.15) is 11.4 Å². The molecular formula is C27H24ClN5O3S. The Hall–Kier alpha value is -3.95. The summed E-state index contributed by atoms with van der Waals surface area (Å²) in [4.78, 5) is 18.2. The van der Waals surface area contributed by atoms with Crippen LogP contribution in [-0.4, -0.2) is 26.7 Å². The summed E-state index contributed by atoms with van der Waals surface area (Å²) >= 11 is 12.0. The van der Waals surface area contributed by atoms with Gasteiger partial charge in [0.2, 0.25) is 0 Å². The molecule has 1 N–H and O–H groups in total. The van der Waals surface area contributed by atoms with Crippen molar-refractivity contribution in [3.8, 4) is 11.4 Å². The van der Waals surface area contributed by atoms with Gasteiger partial charge >= 0.3 is 0 Å². The highest BCUT2D eigenvalue weighted by Gasteiger charge is 2.42. The lowest BCUT2D eigenvalue weighted by Crippen LogP contribution is -2.29. The van der Waals surface area contributed by atoms with E-state index in [1.54, 1.807) is 18.3 Å². The van der Waals surface area contributed by atoms with E-state index in [0.29, 0.717) is 21.6 Å². The molecule has 188 valence electrons. The number of pyridine rings is 1. The molecular weight excluding hydrogens is 510 g/mol. The minimum absolute atomic E-state index is 0.0383. The Bertz CT molecular complexity index is 1490. The fourth-order valence-corrected chi connectivity index (χ4v) is 5.45. The average molecular weight is 534 g/mol. The van der Waals surface area contributed by atoms with Crippen LogP contribution in [-0.2, 0) is 0 Å². The number of rotatable bonds is 6. The van der Waals surface area contributed by atoms with Gasteiger partial charge in [0, 0.05) is 28.3 Å². The molecule has 0 radical (unpaired) electrons. The number of thiocarbonyl (C=S) groups is 1. The summed E-state index contributed by atoms with van der Waals surface area (Å²) in [6, 6.07) is 19.7. The van der Waals surface area contributed by atoms with Gasteiger partial charge in [0.25, 0.3) is 5.69 Å². The maximum Gasteiger partial charge on any atom is 0.296 e. The zero-order chi connectivity index (χ0) is 26.3. The fraction of sp³-hybridized carbons (Fsp3) is 0.185. The molecule has 1 aliphatic rings. The number of ether oxygens (including phenoxy) is 1. The summed E-state index contributed by atoms with van der Waals surface area (Å²) in [6.07, 6.45) is 1.76. The monoisotopic (exact) mass is 533 g/mol. The zero-order valence-electron chi connectivity index (χ0n) is 20.4. The van der Waals surface area contributed by atoms with Gasteiger partial charge in [-0.1, -0.05) is 17.7 Å². The standard InChI is InChI=1S/C27H24ClN5O3S/c1-16-14-21(17(2)31(16)23-12-11-20(36-3)15-24(23)33(34)35)26-25(22-6-4-5-13-29-22)30-27(37)32(26)19-9-7-18(28)8-10-19/h4-15,25-26H,1-3H3,(H,30,37)/t25-,26+/m0/s1. The second kappa shape index (κ2) is 9.84. The van der Waals surface area contributed by atoms with Gasteiger partial charge in [-0.25, -0.2) is 0 Å². The molecule has 0 unspecified atom stereocenters. The molecule has 0 spiro atoms. The predicted molar refractivity (Wildman–Crippen MR) is 148 cm³/mol. The molecule has 10 heteroatoms. The third-order valence-corrected chi connectivity index (χ3v) is 7.18. The molecule has 0 bridgehead atoms. The maximum absolute atomic E-state index is 12.0. The van der Waals surface area contributed by atoms with E-state index in [1.807, 2.05) is 60.9 Å². The average Bonchev–Trinajstić information content (AvgIpc) is 3.39. The number of aromatic nitrogens is 2. The quantitative estimate of drug-likeness (QED) is 0.178. The number of methoxy groups -OCH3 is 1. The molecule has 0 amide bonds. The van der Waals surface area contributed by atoms with Crippen LogP contribution in [0.3, 0.4) is 0 Å². The first-order valence-electron chi connectivity index (χ1n) is 11.6.